The Morgan fingerprint density at radius 1 is 1.06 bits per heavy atom. The predicted octanol–water partition coefficient (Wildman–Crippen LogP) is 3.05. The van der Waals surface area contributed by atoms with Gasteiger partial charge in [-0.3, -0.25) is 4.89 Å². The standard InChI is InChI=1S/C5H4F6O.F2HO2P/c1-2-3(6,7)4(8,12)5(9,10)11;1-5(2,3)4/h2,12H,1H2;(H,3,4). The minimum absolute atomic E-state index is 0.611. The molecule has 0 aromatic rings. The minimum Gasteiger partial charge on any atom is -0.350 e. The molecule has 0 aliphatic heterocycles. The van der Waals surface area contributed by atoms with Crippen LogP contribution in [0, 0.1) is 0 Å². The molecule has 0 fully saturated rings. The maximum atomic E-state index is 12.0. The lowest BCUT2D eigenvalue weighted by molar-refractivity contribution is -0.373. The van der Waals surface area contributed by atoms with Crippen molar-refractivity contribution in [3.8, 4) is 0 Å². The van der Waals surface area contributed by atoms with E-state index in [1.165, 1.54) is 0 Å². The highest BCUT2D eigenvalue weighted by molar-refractivity contribution is 7.46. The summed E-state index contributed by atoms with van der Waals surface area (Å²) in [5, 5.41) is 7.77. The summed E-state index contributed by atoms with van der Waals surface area (Å²) in [6.45, 7) is 2.26. The summed E-state index contributed by atoms with van der Waals surface area (Å²) in [5.41, 5.74) is 0. The number of hydrogen-bond acceptors (Lipinski definition) is 2. The van der Waals surface area contributed by atoms with Gasteiger partial charge >= 0.3 is 25.9 Å². The van der Waals surface area contributed by atoms with Gasteiger partial charge in [-0.15, -0.1) is 8.39 Å². The second kappa shape index (κ2) is 5.32. The first-order valence-corrected chi connectivity index (χ1v) is 4.72. The molecular weight excluding hydrogens is 291 g/mol. The van der Waals surface area contributed by atoms with Crippen molar-refractivity contribution in [1.82, 2.24) is 0 Å². The molecule has 3 nitrogen and oxygen atoms in total. The highest BCUT2D eigenvalue weighted by atomic mass is 31.2. The van der Waals surface area contributed by atoms with Crippen molar-refractivity contribution in [3.05, 3.63) is 12.7 Å². The molecule has 104 valence electrons. The first-order valence-electron chi connectivity index (χ1n) is 3.28. The fourth-order valence-electron chi connectivity index (χ4n) is 0.324. The minimum atomic E-state index is -6.05. The largest absolute Gasteiger partial charge is 0.549 e. The van der Waals surface area contributed by atoms with Gasteiger partial charge < -0.3 is 5.11 Å². The average molecular weight is 296 g/mol. The van der Waals surface area contributed by atoms with Crippen LogP contribution in [0.1, 0.15) is 0 Å². The van der Waals surface area contributed by atoms with E-state index in [0.29, 0.717) is 0 Å². The van der Waals surface area contributed by atoms with E-state index in [1.807, 2.05) is 0 Å². The Bertz CT molecular complexity index is 297. The van der Waals surface area contributed by atoms with E-state index in [-0.39, 0.29) is 0 Å². The molecular formula is C5H5F8O3P. The molecule has 0 aliphatic rings. The number of aliphatic hydroxyl groups is 1. The van der Waals surface area contributed by atoms with Crippen LogP contribution in [0.25, 0.3) is 0 Å². The van der Waals surface area contributed by atoms with Gasteiger partial charge in [0.15, 0.2) is 0 Å². The summed E-state index contributed by atoms with van der Waals surface area (Å²) in [6, 6.07) is 0. The van der Waals surface area contributed by atoms with E-state index in [2.05, 4.69) is 6.58 Å². The van der Waals surface area contributed by atoms with E-state index in [0.717, 1.165) is 0 Å². The molecule has 0 amide bonds. The molecule has 12 heteroatoms. The quantitative estimate of drug-likeness (QED) is 0.468. The summed E-state index contributed by atoms with van der Waals surface area (Å²) >= 11 is 0. The van der Waals surface area contributed by atoms with E-state index >= 15 is 0 Å². The summed E-state index contributed by atoms with van der Waals surface area (Å²) < 4.78 is 98.7. The Morgan fingerprint density at radius 2 is 1.29 bits per heavy atom. The zero-order valence-electron chi connectivity index (χ0n) is 7.56. The Kier molecular flexibility index (Phi) is 5.85. The average Bonchev–Trinajstić information content (AvgIpc) is 1.98. The molecule has 0 aliphatic carbocycles. The number of halogens is 8. The summed E-state index contributed by atoms with van der Waals surface area (Å²) in [6.07, 6.45) is -6.66. The highest BCUT2D eigenvalue weighted by Gasteiger charge is 2.69. The van der Waals surface area contributed by atoms with Gasteiger partial charge in [-0.1, -0.05) is 6.58 Å². The molecule has 1 atom stereocenters. The van der Waals surface area contributed by atoms with Gasteiger partial charge in [0.05, 0.1) is 0 Å². The normalized spacial score (nSPS) is 16.6. The van der Waals surface area contributed by atoms with Crippen LogP contribution in [0.2, 0.25) is 0 Å². The molecule has 0 aromatic carbocycles. The molecule has 0 rings (SSSR count). The second-order valence-electron chi connectivity index (χ2n) is 2.38. The van der Waals surface area contributed by atoms with Gasteiger partial charge in [0, 0.05) is 0 Å². The lowest BCUT2D eigenvalue weighted by Gasteiger charge is -2.27. The summed E-state index contributed by atoms with van der Waals surface area (Å²) in [7, 11) is -5.64. The molecule has 0 saturated carbocycles. The van der Waals surface area contributed by atoms with Crippen LogP contribution in [0.3, 0.4) is 0 Å². The molecule has 0 heterocycles. The number of hydrogen-bond donors (Lipinski definition) is 2. The van der Waals surface area contributed by atoms with Crippen molar-refractivity contribution >= 4 is 7.99 Å². The van der Waals surface area contributed by atoms with Gasteiger partial charge in [0.2, 0.25) is 0 Å². The first kappa shape index (κ1) is 18.7. The smallest absolute Gasteiger partial charge is 0.350 e. The molecule has 0 bridgehead atoms. The van der Waals surface area contributed by atoms with Gasteiger partial charge in [0.25, 0.3) is 0 Å². The number of alkyl halides is 6. The summed E-state index contributed by atoms with van der Waals surface area (Å²) in [5.74, 6) is -10.6. The molecule has 1 unspecified atom stereocenters. The van der Waals surface area contributed by atoms with Gasteiger partial charge in [-0.2, -0.15) is 26.3 Å². The zero-order valence-corrected chi connectivity index (χ0v) is 8.45. The molecule has 17 heavy (non-hydrogen) atoms. The van der Waals surface area contributed by atoms with E-state index in [4.69, 9.17) is 14.6 Å². The topological polar surface area (TPSA) is 57.5 Å². The maximum absolute atomic E-state index is 12.0. The molecule has 0 aromatic heterocycles. The Morgan fingerprint density at radius 3 is 1.35 bits per heavy atom. The van der Waals surface area contributed by atoms with Crippen LogP contribution in [-0.4, -0.2) is 28.0 Å². The first-order chi connectivity index (χ1) is 7.06. The second-order valence-corrected chi connectivity index (χ2v) is 3.25. The van der Waals surface area contributed by atoms with Crippen LogP contribution in [0.15, 0.2) is 12.7 Å². The predicted molar refractivity (Wildman–Crippen MR) is 39.3 cm³/mol. The van der Waals surface area contributed by atoms with Crippen LogP contribution in [0.5, 0.6) is 0 Å². The Hall–Kier alpha value is -0.670. The molecule has 0 saturated heterocycles. The Balaban J connectivity index is 0. The van der Waals surface area contributed by atoms with Crippen LogP contribution in [-0.2, 0) is 4.57 Å². The Labute approximate surface area is 89.0 Å². The van der Waals surface area contributed by atoms with Gasteiger partial charge in [-0.25, -0.2) is 4.57 Å². The van der Waals surface area contributed by atoms with E-state index < -0.39 is 32.0 Å². The fraction of sp³-hybridized carbons (Fsp3) is 0.600. The van der Waals surface area contributed by atoms with Crippen molar-refractivity contribution < 1.29 is 49.3 Å². The third-order valence-corrected chi connectivity index (χ3v) is 1.07. The third kappa shape index (κ3) is 6.59. The lowest BCUT2D eigenvalue weighted by Crippen LogP contribution is -2.54. The maximum Gasteiger partial charge on any atom is 0.549 e. The highest BCUT2D eigenvalue weighted by Crippen LogP contribution is 2.43. The van der Waals surface area contributed by atoms with Crippen molar-refractivity contribution in [2.45, 2.75) is 18.0 Å². The van der Waals surface area contributed by atoms with Gasteiger partial charge in [0.1, 0.15) is 0 Å². The fourth-order valence-corrected chi connectivity index (χ4v) is 0.324. The molecule has 0 spiro atoms. The third-order valence-electron chi connectivity index (χ3n) is 1.07. The van der Waals surface area contributed by atoms with Crippen LogP contribution >= 0.6 is 7.99 Å². The monoisotopic (exact) mass is 296 g/mol. The van der Waals surface area contributed by atoms with E-state index in [1.54, 1.807) is 0 Å². The molecule has 0 radical (unpaired) electrons. The van der Waals surface area contributed by atoms with Crippen molar-refractivity contribution in [3.63, 3.8) is 0 Å². The van der Waals surface area contributed by atoms with Crippen LogP contribution in [0.4, 0.5) is 34.7 Å². The van der Waals surface area contributed by atoms with E-state index in [9.17, 15) is 34.7 Å². The SMILES string of the molecule is C=CC(F)(F)C(O)(F)C(F)(F)F.O=P(O)(F)F. The number of rotatable bonds is 2. The molecule has 2 N–H and O–H groups in total. The van der Waals surface area contributed by atoms with Gasteiger partial charge in [-0.05, 0) is 6.08 Å². The van der Waals surface area contributed by atoms with Crippen molar-refractivity contribution in [2.24, 2.45) is 0 Å². The van der Waals surface area contributed by atoms with Crippen molar-refractivity contribution in [2.75, 3.05) is 0 Å². The lowest BCUT2D eigenvalue weighted by atomic mass is 10.1. The summed E-state index contributed by atoms with van der Waals surface area (Å²) in [4.78, 5) is 6.74. The van der Waals surface area contributed by atoms with Crippen molar-refractivity contribution in [1.29, 1.82) is 0 Å². The van der Waals surface area contributed by atoms with Crippen LogP contribution < -0.4 is 0 Å². The zero-order chi connectivity index (χ0) is 14.7.